The molecule has 1 aliphatic carbocycles. The molecule has 7 heteroatoms. The van der Waals surface area contributed by atoms with Crippen molar-refractivity contribution in [3.63, 3.8) is 0 Å². The number of aromatic nitrogens is 2. The fourth-order valence-corrected chi connectivity index (χ4v) is 9.31. The van der Waals surface area contributed by atoms with Gasteiger partial charge in [0.25, 0.3) is 0 Å². The third-order valence-corrected chi connectivity index (χ3v) is 13.2. The smallest absolute Gasteiger partial charge is 0.109 e. The molecule has 1 saturated heterocycles. The van der Waals surface area contributed by atoms with Crippen molar-refractivity contribution < 1.29 is 0 Å². The fraction of sp³-hybridized carbons (Fsp3) is 0.400. The third kappa shape index (κ3) is 11.5. The number of allylic oxidation sites excluding steroid dienone is 2. The van der Waals surface area contributed by atoms with Gasteiger partial charge < -0.3 is 30.7 Å². The lowest BCUT2D eigenvalue weighted by atomic mass is 9.96. The van der Waals surface area contributed by atoms with Crippen LogP contribution in [0.15, 0.2) is 111 Å². The van der Waals surface area contributed by atoms with E-state index in [1.807, 2.05) is 12.2 Å². The number of likely N-dealkylation sites (N-methyl/N-ethyl adjacent to an activating group) is 1. The molecule has 3 heterocycles. The van der Waals surface area contributed by atoms with E-state index in [1.165, 1.54) is 70.5 Å². The van der Waals surface area contributed by atoms with Crippen LogP contribution in [0.1, 0.15) is 121 Å². The van der Waals surface area contributed by atoms with Crippen molar-refractivity contribution in [1.82, 2.24) is 30.4 Å². The number of piperidine rings is 1. The molecule has 0 saturated carbocycles. The van der Waals surface area contributed by atoms with Gasteiger partial charge in [0.1, 0.15) is 5.82 Å². The second-order valence-electron chi connectivity index (χ2n) is 17.5. The summed E-state index contributed by atoms with van der Waals surface area (Å²) >= 11 is 0. The highest BCUT2D eigenvalue weighted by molar-refractivity contribution is 5.81. The predicted octanol–water partition coefficient (Wildman–Crippen LogP) is 12.1. The summed E-state index contributed by atoms with van der Waals surface area (Å²) in [7, 11) is 4.15. The third-order valence-electron chi connectivity index (χ3n) is 13.2. The van der Waals surface area contributed by atoms with Crippen LogP contribution in [0.3, 0.4) is 0 Å². The topological polar surface area (TPSA) is 69.2 Å². The Hall–Kier alpha value is -5.53. The highest BCUT2D eigenvalue weighted by Crippen LogP contribution is 2.35. The molecule has 0 bridgehead atoms. The van der Waals surface area contributed by atoms with Crippen molar-refractivity contribution >= 4 is 23.5 Å². The molecule has 0 radical (unpaired) electrons. The number of nitrogens with zero attached hydrogens (tertiary/aromatic N) is 3. The van der Waals surface area contributed by atoms with Gasteiger partial charge >= 0.3 is 0 Å². The molecule has 2 aliphatic heterocycles. The van der Waals surface area contributed by atoms with Crippen molar-refractivity contribution in [3.8, 4) is 11.3 Å². The van der Waals surface area contributed by atoms with Gasteiger partial charge in [-0.2, -0.15) is 0 Å². The quantitative estimate of drug-likeness (QED) is 0.0665. The largest absolute Gasteiger partial charge is 0.389 e. The Morgan fingerprint density at radius 3 is 2.52 bits per heavy atom. The Morgan fingerprint density at radius 1 is 0.935 bits per heavy atom. The number of anilines is 1. The lowest BCUT2D eigenvalue weighted by Crippen LogP contribution is -2.40. The number of aryl methyl sites for hydroxylation is 5. The first-order chi connectivity index (χ1) is 30.0. The number of hydrogen-bond donors (Lipinski definition) is 4. The predicted molar refractivity (Wildman–Crippen MR) is 267 cm³/mol. The molecule has 1 fully saturated rings. The number of unbranched alkanes of at least 4 members (excludes halogenated alkanes) is 3. The van der Waals surface area contributed by atoms with Gasteiger partial charge in [0.05, 0.1) is 11.7 Å². The summed E-state index contributed by atoms with van der Waals surface area (Å²) in [5.41, 5.74) is 18.2. The van der Waals surface area contributed by atoms with E-state index in [4.69, 9.17) is 4.98 Å². The van der Waals surface area contributed by atoms with E-state index in [0.717, 1.165) is 123 Å². The van der Waals surface area contributed by atoms with Crippen molar-refractivity contribution in [2.24, 2.45) is 0 Å². The van der Waals surface area contributed by atoms with Crippen LogP contribution in [0.25, 0.3) is 29.1 Å². The normalized spacial score (nSPS) is 16.4. The SMILES string of the molecule is C=Cc1cc(C)c(C)c(CCCCNC(=C)CCCCCNc2cccc(C=C)c2C(=C)N(C)C2CCC(=C)NC2=C)c1.CNC1CCc2ccc(-c3cn4c(n3)CCC4)cc21. The molecule has 62 heavy (non-hydrogen) atoms. The molecule has 2 unspecified atom stereocenters. The summed E-state index contributed by atoms with van der Waals surface area (Å²) in [4.78, 5) is 7.01. The van der Waals surface area contributed by atoms with E-state index in [1.54, 1.807) is 0 Å². The Bertz CT molecular complexity index is 2230. The summed E-state index contributed by atoms with van der Waals surface area (Å²) < 4.78 is 2.30. The van der Waals surface area contributed by atoms with Gasteiger partial charge in [0, 0.05) is 84.9 Å². The Balaban J connectivity index is 0.000000276. The molecule has 0 amide bonds. The molecule has 1 aromatic heterocycles. The highest BCUT2D eigenvalue weighted by Gasteiger charge is 2.26. The van der Waals surface area contributed by atoms with Crippen LogP contribution in [-0.2, 0) is 25.8 Å². The number of benzene rings is 3. The standard InChI is InChI=1S/C39H54N4.C16H19N3/c1-10-34-26-28(3)31(6)36(27-34)19-14-16-24-40-29(4)18-13-12-15-25-41-37-21-17-20-35(11-2)39(37)33(8)43(9)38-23-22-30(5)42-32(38)7;1-17-14-7-6-11-4-5-12(9-13(11)14)15-10-19-8-2-3-16(19)18-15/h10-11,17,20-21,26-27,38,40-42H,1-2,4-5,7-8,12-16,18-19,22-25H2,3,6,9H3;4-5,9-10,14,17H,2-3,6-8H2,1H3. The van der Waals surface area contributed by atoms with Crippen LogP contribution >= 0.6 is 0 Å². The maximum atomic E-state index is 4.78. The van der Waals surface area contributed by atoms with E-state index in [9.17, 15) is 0 Å². The lowest BCUT2D eigenvalue weighted by Gasteiger charge is -2.37. The first-order valence-corrected chi connectivity index (χ1v) is 23.1. The van der Waals surface area contributed by atoms with Gasteiger partial charge in [-0.05, 0) is 143 Å². The number of fused-ring (bicyclic) bond motifs is 2. The average Bonchev–Trinajstić information content (AvgIpc) is 4.01. The molecule has 4 N–H and O–H groups in total. The minimum absolute atomic E-state index is 0.174. The van der Waals surface area contributed by atoms with Gasteiger partial charge in [-0.25, -0.2) is 4.98 Å². The maximum absolute atomic E-state index is 4.78. The minimum atomic E-state index is 0.174. The number of rotatable bonds is 20. The molecule has 2 atom stereocenters. The van der Waals surface area contributed by atoms with E-state index >= 15 is 0 Å². The Morgan fingerprint density at radius 2 is 1.76 bits per heavy atom. The van der Waals surface area contributed by atoms with Gasteiger partial charge in [-0.3, -0.25) is 0 Å². The van der Waals surface area contributed by atoms with Crippen LogP contribution in [0, 0.1) is 13.8 Å². The molecule has 0 spiro atoms. The van der Waals surface area contributed by atoms with Crippen LogP contribution in [0.5, 0.6) is 0 Å². The summed E-state index contributed by atoms with van der Waals surface area (Å²) in [6.07, 6.45) is 20.6. The Labute approximate surface area is 373 Å². The van der Waals surface area contributed by atoms with Crippen LogP contribution in [0.4, 0.5) is 5.69 Å². The van der Waals surface area contributed by atoms with Gasteiger partial charge in [0.15, 0.2) is 0 Å². The summed E-state index contributed by atoms with van der Waals surface area (Å²) in [6, 6.07) is 18.4. The average molecular weight is 832 g/mol. The van der Waals surface area contributed by atoms with Crippen LogP contribution < -0.4 is 21.3 Å². The van der Waals surface area contributed by atoms with Crippen LogP contribution in [-0.4, -0.2) is 47.7 Å². The van der Waals surface area contributed by atoms with E-state index in [2.05, 4.69) is 153 Å². The monoisotopic (exact) mass is 832 g/mol. The van der Waals surface area contributed by atoms with E-state index in [-0.39, 0.29) is 6.04 Å². The minimum Gasteiger partial charge on any atom is -0.389 e. The Kier molecular flexibility index (Phi) is 16.3. The molecule has 4 aromatic rings. The fourth-order valence-electron chi connectivity index (χ4n) is 9.31. The first-order valence-electron chi connectivity index (χ1n) is 23.1. The second-order valence-corrected chi connectivity index (χ2v) is 17.5. The number of hydrogen-bond acceptors (Lipinski definition) is 6. The molecule has 7 rings (SSSR count). The molecule has 328 valence electrons. The van der Waals surface area contributed by atoms with Gasteiger partial charge in [-0.1, -0.05) is 94.4 Å². The zero-order chi connectivity index (χ0) is 44.2. The molecule has 3 aromatic carbocycles. The van der Waals surface area contributed by atoms with E-state index < -0.39 is 0 Å². The molecule has 7 nitrogen and oxygen atoms in total. The highest BCUT2D eigenvalue weighted by atomic mass is 15.2. The number of nitrogens with one attached hydrogen (secondary N) is 4. The van der Waals surface area contributed by atoms with Crippen molar-refractivity contribution in [2.45, 2.75) is 116 Å². The number of imidazole rings is 1. The second kappa shape index (κ2) is 22.0. The molecular weight excluding hydrogens is 759 g/mol. The zero-order valence-electron chi connectivity index (χ0n) is 38.4. The molecular formula is C55H73N7. The lowest BCUT2D eigenvalue weighted by molar-refractivity contribution is 0.341. The summed E-state index contributed by atoms with van der Waals surface area (Å²) in [5.74, 6) is 1.25. The zero-order valence-corrected chi connectivity index (χ0v) is 38.4. The maximum Gasteiger partial charge on any atom is 0.109 e. The van der Waals surface area contributed by atoms with Crippen molar-refractivity contribution in [1.29, 1.82) is 0 Å². The van der Waals surface area contributed by atoms with Crippen molar-refractivity contribution in [3.05, 3.63) is 162 Å². The van der Waals surface area contributed by atoms with Crippen LogP contribution in [0.2, 0.25) is 0 Å². The van der Waals surface area contributed by atoms with Gasteiger partial charge in [-0.15, -0.1) is 0 Å². The summed E-state index contributed by atoms with van der Waals surface area (Å²) in [6.45, 7) is 32.5. The first kappa shape index (κ1) is 46.0. The molecule has 3 aliphatic rings. The summed E-state index contributed by atoms with van der Waals surface area (Å²) in [5, 5.41) is 14.0. The van der Waals surface area contributed by atoms with Gasteiger partial charge in [0.2, 0.25) is 0 Å². The van der Waals surface area contributed by atoms with E-state index in [0.29, 0.717) is 6.04 Å². The van der Waals surface area contributed by atoms with Crippen molar-refractivity contribution in [2.75, 3.05) is 32.5 Å².